The average Bonchev–Trinajstić information content (AvgIpc) is 3.22. The number of hydrogen-bond acceptors (Lipinski definition) is 5. The molecular formula is C17H22N4O3. The molecule has 1 saturated heterocycles. The van der Waals surface area contributed by atoms with Gasteiger partial charge in [-0.25, -0.2) is 4.79 Å². The van der Waals surface area contributed by atoms with Crippen molar-refractivity contribution >= 4 is 6.03 Å². The van der Waals surface area contributed by atoms with Crippen LogP contribution in [0.1, 0.15) is 25.7 Å². The number of ether oxygens (including phenoxy) is 1. The van der Waals surface area contributed by atoms with Gasteiger partial charge >= 0.3 is 6.03 Å². The molecular weight excluding hydrogens is 308 g/mol. The minimum atomic E-state index is -0.00854. The lowest BCUT2D eigenvalue weighted by atomic mass is 10.2. The second-order valence-corrected chi connectivity index (χ2v) is 5.87. The molecule has 24 heavy (non-hydrogen) atoms. The second-order valence-electron chi connectivity index (χ2n) is 5.87. The third-order valence-electron chi connectivity index (χ3n) is 3.90. The molecule has 2 heterocycles. The molecule has 1 aromatic heterocycles. The number of aryl methyl sites for hydroxylation is 1. The van der Waals surface area contributed by atoms with E-state index in [0.717, 1.165) is 30.7 Å². The largest absolute Gasteiger partial charge is 0.489 e. The maximum Gasteiger partial charge on any atom is 0.317 e. The standard InChI is InChI=1S/C17H22N4O3/c1-3-9-18-17(22)21-10-8-15(11-21)23-14-6-4-13(5-7-14)16-19-12(2)24-20-16/h4-7,15H,3,8-11H2,1-2H3,(H,18,22). The van der Waals surface area contributed by atoms with Crippen molar-refractivity contribution in [2.24, 2.45) is 0 Å². The lowest BCUT2D eigenvalue weighted by molar-refractivity contribution is 0.187. The van der Waals surface area contributed by atoms with Crippen molar-refractivity contribution in [3.63, 3.8) is 0 Å². The van der Waals surface area contributed by atoms with E-state index in [1.165, 1.54) is 0 Å². The number of likely N-dealkylation sites (tertiary alicyclic amines) is 1. The highest BCUT2D eigenvalue weighted by molar-refractivity contribution is 5.74. The topological polar surface area (TPSA) is 80.5 Å². The summed E-state index contributed by atoms with van der Waals surface area (Å²) < 4.78 is 11.0. The number of urea groups is 1. The van der Waals surface area contributed by atoms with E-state index in [9.17, 15) is 4.79 Å². The first kappa shape index (κ1) is 16.3. The monoisotopic (exact) mass is 330 g/mol. The van der Waals surface area contributed by atoms with E-state index in [1.54, 1.807) is 11.8 Å². The molecule has 1 aliphatic heterocycles. The molecule has 0 aliphatic carbocycles. The smallest absolute Gasteiger partial charge is 0.317 e. The van der Waals surface area contributed by atoms with Crippen molar-refractivity contribution in [2.45, 2.75) is 32.8 Å². The molecule has 7 nitrogen and oxygen atoms in total. The van der Waals surface area contributed by atoms with E-state index in [2.05, 4.69) is 15.5 Å². The summed E-state index contributed by atoms with van der Waals surface area (Å²) in [5, 5.41) is 6.79. The zero-order valence-corrected chi connectivity index (χ0v) is 14.0. The third kappa shape index (κ3) is 3.84. The SMILES string of the molecule is CCCNC(=O)N1CCC(Oc2ccc(-c3noc(C)n3)cc2)C1. The first-order valence-electron chi connectivity index (χ1n) is 8.26. The summed E-state index contributed by atoms with van der Waals surface area (Å²) in [4.78, 5) is 17.9. The van der Waals surface area contributed by atoms with Crippen LogP contribution in [0.25, 0.3) is 11.4 Å². The van der Waals surface area contributed by atoms with Crippen molar-refractivity contribution in [1.29, 1.82) is 0 Å². The summed E-state index contributed by atoms with van der Waals surface area (Å²) in [5.74, 6) is 1.89. The average molecular weight is 330 g/mol. The Morgan fingerprint density at radius 3 is 2.88 bits per heavy atom. The van der Waals surface area contributed by atoms with Crippen LogP contribution in [-0.4, -0.2) is 46.8 Å². The van der Waals surface area contributed by atoms with Crippen molar-refractivity contribution in [3.05, 3.63) is 30.2 Å². The van der Waals surface area contributed by atoms with Crippen molar-refractivity contribution in [2.75, 3.05) is 19.6 Å². The van der Waals surface area contributed by atoms with E-state index in [4.69, 9.17) is 9.26 Å². The van der Waals surface area contributed by atoms with E-state index in [1.807, 2.05) is 31.2 Å². The van der Waals surface area contributed by atoms with E-state index < -0.39 is 0 Å². The highest BCUT2D eigenvalue weighted by atomic mass is 16.5. The van der Waals surface area contributed by atoms with Gasteiger partial charge in [-0.15, -0.1) is 0 Å². The number of benzene rings is 1. The van der Waals surface area contributed by atoms with Crippen LogP contribution in [0.5, 0.6) is 5.75 Å². The number of hydrogen-bond donors (Lipinski definition) is 1. The van der Waals surface area contributed by atoms with Crippen LogP contribution in [0.4, 0.5) is 4.79 Å². The Bertz CT molecular complexity index is 683. The molecule has 0 radical (unpaired) electrons. The van der Waals surface area contributed by atoms with Crippen LogP contribution >= 0.6 is 0 Å². The molecule has 1 unspecified atom stereocenters. The molecule has 0 saturated carbocycles. The minimum absolute atomic E-state index is 0.00854. The lowest BCUT2D eigenvalue weighted by Crippen LogP contribution is -2.39. The number of nitrogens with zero attached hydrogens (tertiary/aromatic N) is 3. The van der Waals surface area contributed by atoms with Crippen molar-refractivity contribution in [1.82, 2.24) is 20.4 Å². The molecule has 1 N–H and O–H groups in total. The Morgan fingerprint density at radius 2 is 2.21 bits per heavy atom. The maximum atomic E-state index is 11.9. The van der Waals surface area contributed by atoms with Gasteiger partial charge in [-0.2, -0.15) is 4.98 Å². The Morgan fingerprint density at radius 1 is 1.42 bits per heavy atom. The van der Waals surface area contributed by atoms with Gasteiger partial charge < -0.3 is 19.5 Å². The maximum absolute atomic E-state index is 11.9. The van der Waals surface area contributed by atoms with Gasteiger partial charge in [0.2, 0.25) is 11.7 Å². The number of rotatable bonds is 5. The van der Waals surface area contributed by atoms with Crippen molar-refractivity contribution < 1.29 is 14.1 Å². The molecule has 2 aromatic rings. The summed E-state index contributed by atoms with van der Waals surface area (Å²) in [6, 6.07) is 7.58. The van der Waals surface area contributed by atoms with Gasteiger partial charge in [0.05, 0.1) is 6.54 Å². The normalized spacial score (nSPS) is 17.1. The summed E-state index contributed by atoms with van der Waals surface area (Å²) in [5.41, 5.74) is 0.881. The molecule has 1 aliphatic rings. The molecule has 0 spiro atoms. The van der Waals surface area contributed by atoms with Gasteiger partial charge in [-0.05, 0) is 30.7 Å². The number of carbonyl (C=O) groups is 1. The fourth-order valence-corrected chi connectivity index (χ4v) is 2.64. The van der Waals surface area contributed by atoms with Crippen LogP contribution in [0.15, 0.2) is 28.8 Å². The molecule has 3 rings (SSSR count). The highest BCUT2D eigenvalue weighted by Gasteiger charge is 2.27. The van der Waals surface area contributed by atoms with Crippen LogP contribution in [0.2, 0.25) is 0 Å². The fourth-order valence-electron chi connectivity index (χ4n) is 2.64. The molecule has 1 atom stereocenters. The van der Waals surface area contributed by atoms with Gasteiger partial charge in [0.25, 0.3) is 0 Å². The van der Waals surface area contributed by atoms with Gasteiger partial charge in [0.1, 0.15) is 11.9 Å². The van der Waals surface area contributed by atoms with Gasteiger partial charge in [0.15, 0.2) is 0 Å². The first-order chi connectivity index (χ1) is 11.7. The van der Waals surface area contributed by atoms with Crippen LogP contribution < -0.4 is 10.1 Å². The van der Waals surface area contributed by atoms with Crippen LogP contribution in [0.3, 0.4) is 0 Å². The molecule has 1 fully saturated rings. The predicted molar refractivity (Wildman–Crippen MR) is 88.8 cm³/mol. The van der Waals surface area contributed by atoms with E-state index >= 15 is 0 Å². The molecule has 2 amide bonds. The first-order valence-corrected chi connectivity index (χ1v) is 8.26. The lowest BCUT2D eigenvalue weighted by Gasteiger charge is -2.17. The number of amides is 2. The number of nitrogens with one attached hydrogen (secondary N) is 1. The Labute approximate surface area is 141 Å². The quantitative estimate of drug-likeness (QED) is 0.911. The van der Waals surface area contributed by atoms with E-state index in [-0.39, 0.29) is 12.1 Å². The predicted octanol–water partition coefficient (Wildman–Crippen LogP) is 2.62. The highest BCUT2D eigenvalue weighted by Crippen LogP contribution is 2.22. The Hall–Kier alpha value is -2.57. The third-order valence-corrected chi connectivity index (χ3v) is 3.90. The van der Waals surface area contributed by atoms with E-state index in [0.29, 0.717) is 24.8 Å². The zero-order valence-electron chi connectivity index (χ0n) is 14.0. The van der Waals surface area contributed by atoms with Crippen LogP contribution in [-0.2, 0) is 0 Å². The summed E-state index contributed by atoms with van der Waals surface area (Å²) >= 11 is 0. The van der Waals surface area contributed by atoms with Gasteiger partial charge in [-0.1, -0.05) is 12.1 Å². The van der Waals surface area contributed by atoms with Gasteiger partial charge in [-0.3, -0.25) is 0 Å². The van der Waals surface area contributed by atoms with Gasteiger partial charge in [0, 0.05) is 32.0 Å². The molecule has 0 bridgehead atoms. The summed E-state index contributed by atoms with van der Waals surface area (Å²) in [6.45, 7) is 5.84. The molecule has 128 valence electrons. The molecule has 7 heteroatoms. The summed E-state index contributed by atoms with van der Waals surface area (Å²) in [6.07, 6.45) is 1.80. The summed E-state index contributed by atoms with van der Waals surface area (Å²) in [7, 11) is 0. The second kappa shape index (κ2) is 7.33. The Balaban J connectivity index is 1.54. The van der Waals surface area contributed by atoms with Crippen LogP contribution in [0, 0.1) is 6.92 Å². The number of aromatic nitrogens is 2. The zero-order chi connectivity index (χ0) is 16.9. The Kier molecular flexibility index (Phi) is 4.98. The fraction of sp³-hybridized carbons (Fsp3) is 0.471. The van der Waals surface area contributed by atoms with Crippen molar-refractivity contribution in [3.8, 4) is 17.1 Å². The minimum Gasteiger partial charge on any atom is -0.489 e. The molecule has 1 aromatic carbocycles. The number of carbonyl (C=O) groups excluding carboxylic acids is 1.